The third-order valence-electron chi connectivity index (χ3n) is 3.94. The molecule has 0 atom stereocenters. The molecule has 0 saturated heterocycles. The fourth-order valence-electron chi connectivity index (χ4n) is 2.54. The zero-order chi connectivity index (χ0) is 18.4. The minimum absolute atomic E-state index is 0.0341. The minimum Gasteiger partial charge on any atom is -0.356 e. The molecule has 0 aliphatic heterocycles. The van der Waals surface area contributed by atoms with Crippen LogP contribution in [0, 0.1) is 10.1 Å². The van der Waals surface area contributed by atoms with Crippen LogP contribution >= 0.6 is 0 Å². The molecule has 0 aliphatic carbocycles. The van der Waals surface area contributed by atoms with E-state index in [0.717, 1.165) is 24.0 Å². The van der Waals surface area contributed by atoms with Crippen molar-refractivity contribution in [2.24, 2.45) is 0 Å². The highest BCUT2D eigenvalue weighted by Gasteiger charge is 2.06. The number of hydrogen-bond acceptors (Lipinski definition) is 6. The van der Waals surface area contributed by atoms with Gasteiger partial charge in [-0.1, -0.05) is 12.1 Å². The predicted molar refractivity (Wildman–Crippen MR) is 93.5 cm³/mol. The predicted octanol–water partition coefficient (Wildman–Crippen LogP) is 1.71. The molecule has 0 aliphatic rings. The van der Waals surface area contributed by atoms with Gasteiger partial charge in [0.2, 0.25) is 5.91 Å². The maximum atomic E-state index is 11.9. The molecule has 2 heterocycles. The maximum Gasteiger partial charge on any atom is 0.269 e. The van der Waals surface area contributed by atoms with E-state index < -0.39 is 4.92 Å². The van der Waals surface area contributed by atoms with E-state index in [1.54, 1.807) is 22.8 Å². The first-order valence-electron chi connectivity index (χ1n) is 8.26. The van der Waals surface area contributed by atoms with Crippen molar-refractivity contribution in [2.45, 2.75) is 25.7 Å². The van der Waals surface area contributed by atoms with E-state index in [2.05, 4.69) is 20.4 Å². The van der Waals surface area contributed by atoms with Crippen LogP contribution in [-0.4, -0.2) is 37.0 Å². The van der Waals surface area contributed by atoms with E-state index >= 15 is 0 Å². The summed E-state index contributed by atoms with van der Waals surface area (Å²) in [7, 11) is 0. The normalized spacial score (nSPS) is 10.8. The molecule has 3 aromatic rings. The largest absolute Gasteiger partial charge is 0.356 e. The van der Waals surface area contributed by atoms with E-state index in [-0.39, 0.29) is 11.6 Å². The van der Waals surface area contributed by atoms with Crippen LogP contribution in [-0.2, 0) is 17.6 Å². The van der Waals surface area contributed by atoms with Crippen LogP contribution < -0.4 is 5.32 Å². The third kappa shape index (κ3) is 4.59. The van der Waals surface area contributed by atoms with Crippen molar-refractivity contribution in [3.05, 3.63) is 64.2 Å². The number of nitrogens with one attached hydrogen (secondary N) is 1. The first-order chi connectivity index (χ1) is 12.6. The average Bonchev–Trinajstić information content (AvgIpc) is 3.11. The van der Waals surface area contributed by atoms with Crippen molar-refractivity contribution in [1.82, 2.24) is 24.9 Å². The Bertz CT molecular complexity index is 906. The Morgan fingerprint density at radius 3 is 2.73 bits per heavy atom. The fourth-order valence-corrected chi connectivity index (χ4v) is 2.54. The van der Waals surface area contributed by atoms with Crippen LogP contribution in [0.15, 0.2) is 43.0 Å². The number of carbonyl (C=O) groups excluding carboxylic acids is 1. The van der Waals surface area contributed by atoms with Crippen LogP contribution in [0.2, 0.25) is 0 Å². The highest BCUT2D eigenvalue weighted by Crippen LogP contribution is 2.13. The number of non-ortho nitro benzene ring substituents is 1. The molecule has 26 heavy (non-hydrogen) atoms. The Labute approximate surface area is 149 Å². The molecule has 2 aromatic heterocycles. The second kappa shape index (κ2) is 8.15. The summed E-state index contributed by atoms with van der Waals surface area (Å²) >= 11 is 0. The number of carbonyl (C=O) groups is 1. The van der Waals surface area contributed by atoms with Gasteiger partial charge in [0.1, 0.15) is 6.33 Å². The summed E-state index contributed by atoms with van der Waals surface area (Å²) in [4.78, 5) is 30.2. The molecule has 9 heteroatoms. The van der Waals surface area contributed by atoms with Gasteiger partial charge in [0, 0.05) is 37.5 Å². The first-order valence-corrected chi connectivity index (χ1v) is 8.26. The van der Waals surface area contributed by atoms with Crippen molar-refractivity contribution >= 4 is 17.4 Å². The Balaban J connectivity index is 1.36. The Morgan fingerprint density at radius 2 is 1.96 bits per heavy atom. The van der Waals surface area contributed by atoms with Gasteiger partial charge in [-0.05, 0) is 30.4 Å². The molecular formula is C17H18N6O3. The fraction of sp³-hybridized carbons (Fsp3) is 0.294. The number of amides is 1. The molecule has 0 fully saturated rings. The summed E-state index contributed by atoms with van der Waals surface area (Å²) in [5, 5.41) is 17.5. The molecule has 0 radical (unpaired) electrons. The summed E-state index contributed by atoms with van der Waals surface area (Å²) in [5.74, 6) is 0.529. The molecule has 0 unspecified atom stereocenters. The second-order valence-electron chi connectivity index (χ2n) is 5.84. The quantitative estimate of drug-likeness (QED) is 0.374. The average molecular weight is 354 g/mol. The summed E-state index contributed by atoms with van der Waals surface area (Å²) in [6.45, 7) is 0.578. The monoisotopic (exact) mass is 354 g/mol. The van der Waals surface area contributed by atoms with Gasteiger partial charge in [-0.2, -0.15) is 10.1 Å². The lowest BCUT2D eigenvalue weighted by Gasteiger charge is -2.06. The highest BCUT2D eigenvalue weighted by atomic mass is 16.6. The topological polar surface area (TPSA) is 115 Å². The van der Waals surface area contributed by atoms with Crippen molar-refractivity contribution in [1.29, 1.82) is 0 Å². The van der Waals surface area contributed by atoms with Crippen molar-refractivity contribution in [3.8, 4) is 0 Å². The summed E-state index contributed by atoms with van der Waals surface area (Å²) < 4.78 is 1.62. The number of nitrogens with zero attached hydrogens (tertiary/aromatic N) is 5. The number of aryl methyl sites for hydroxylation is 2. The van der Waals surface area contributed by atoms with Gasteiger partial charge in [0.05, 0.1) is 4.92 Å². The molecular weight excluding hydrogens is 336 g/mol. The van der Waals surface area contributed by atoms with Gasteiger partial charge in [-0.3, -0.25) is 14.9 Å². The summed E-state index contributed by atoms with van der Waals surface area (Å²) in [6.07, 6.45) is 7.58. The van der Waals surface area contributed by atoms with Gasteiger partial charge >= 0.3 is 0 Å². The molecule has 3 rings (SSSR count). The van der Waals surface area contributed by atoms with Crippen LogP contribution in [0.3, 0.4) is 0 Å². The van der Waals surface area contributed by atoms with Crippen LogP contribution in [0.1, 0.15) is 24.0 Å². The van der Waals surface area contributed by atoms with E-state index in [1.807, 2.05) is 6.20 Å². The SMILES string of the molecule is O=C(CCc1ccc([N+](=O)[O-])cc1)NCCCc1cnc2ncnn2c1. The van der Waals surface area contributed by atoms with E-state index in [0.29, 0.717) is 25.2 Å². The summed E-state index contributed by atoms with van der Waals surface area (Å²) in [5.41, 5.74) is 1.98. The zero-order valence-electron chi connectivity index (χ0n) is 14.0. The van der Waals surface area contributed by atoms with Gasteiger partial charge < -0.3 is 5.32 Å². The lowest BCUT2D eigenvalue weighted by atomic mass is 10.1. The van der Waals surface area contributed by atoms with Crippen LogP contribution in [0.4, 0.5) is 5.69 Å². The van der Waals surface area contributed by atoms with Gasteiger partial charge in [-0.25, -0.2) is 9.50 Å². The molecule has 9 nitrogen and oxygen atoms in total. The molecule has 0 spiro atoms. The maximum absolute atomic E-state index is 11.9. The number of rotatable bonds is 8. The Kier molecular flexibility index (Phi) is 5.47. The molecule has 0 bridgehead atoms. The highest BCUT2D eigenvalue weighted by molar-refractivity contribution is 5.76. The molecule has 1 amide bonds. The van der Waals surface area contributed by atoms with E-state index in [9.17, 15) is 14.9 Å². The summed E-state index contributed by atoms with van der Waals surface area (Å²) in [6, 6.07) is 6.26. The number of fused-ring (bicyclic) bond motifs is 1. The third-order valence-corrected chi connectivity index (χ3v) is 3.94. The van der Waals surface area contributed by atoms with Crippen molar-refractivity contribution < 1.29 is 9.72 Å². The van der Waals surface area contributed by atoms with Crippen LogP contribution in [0.5, 0.6) is 0 Å². The lowest BCUT2D eigenvalue weighted by molar-refractivity contribution is -0.384. The number of nitro groups is 1. The van der Waals surface area contributed by atoms with Crippen molar-refractivity contribution in [3.63, 3.8) is 0 Å². The van der Waals surface area contributed by atoms with E-state index in [4.69, 9.17) is 0 Å². The number of nitro benzene ring substituents is 1. The molecule has 134 valence electrons. The Morgan fingerprint density at radius 1 is 1.15 bits per heavy atom. The van der Waals surface area contributed by atoms with Gasteiger partial charge in [0.25, 0.3) is 11.5 Å². The molecule has 0 saturated carbocycles. The smallest absolute Gasteiger partial charge is 0.269 e. The number of hydrogen-bond donors (Lipinski definition) is 1. The van der Waals surface area contributed by atoms with Gasteiger partial charge in [0.15, 0.2) is 0 Å². The number of benzene rings is 1. The first kappa shape index (κ1) is 17.5. The molecule has 1 aromatic carbocycles. The van der Waals surface area contributed by atoms with Gasteiger partial charge in [-0.15, -0.1) is 0 Å². The lowest BCUT2D eigenvalue weighted by Crippen LogP contribution is -2.25. The standard InChI is InChI=1S/C17H18N6O3/c24-16(8-5-13-3-6-15(7-4-13)23(25)26)18-9-1-2-14-10-19-17-20-12-21-22(17)11-14/h3-4,6-7,10-12H,1-2,5,8-9H2,(H,18,24). The van der Waals surface area contributed by atoms with E-state index in [1.165, 1.54) is 18.5 Å². The molecule has 1 N–H and O–H groups in total. The Hall–Kier alpha value is -3.36. The number of aromatic nitrogens is 4. The van der Waals surface area contributed by atoms with Crippen molar-refractivity contribution in [2.75, 3.05) is 6.54 Å². The minimum atomic E-state index is -0.438. The second-order valence-corrected chi connectivity index (χ2v) is 5.84. The van der Waals surface area contributed by atoms with Crippen LogP contribution in [0.25, 0.3) is 5.78 Å². The zero-order valence-corrected chi connectivity index (χ0v) is 14.0.